The van der Waals surface area contributed by atoms with Crippen molar-refractivity contribution < 1.29 is 23.1 Å². The summed E-state index contributed by atoms with van der Waals surface area (Å²) in [6.07, 6.45) is 12.4. The maximum absolute atomic E-state index is 16.0. The molecule has 0 amide bonds. The maximum atomic E-state index is 16.0. The Bertz CT molecular complexity index is 754. The van der Waals surface area contributed by atoms with Crippen molar-refractivity contribution in [1.29, 1.82) is 0 Å². The molecule has 0 heterocycles. The molecule has 7 heteroatoms. The monoisotopic (exact) mass is 586 g/mol. The summed E-state index contributed by atoms with van der Waals surface area (Å²) in [4.78, 5) is 10.9. The molecular weight excluding hydrogens is 524 g/mol. The Balaban J connectivity index is 3.32. The van der Waals surface area contributed by atoms with Gasteiger partial charge < -0.3 is 14.0 Å². The van der Waals surface area contributed by atoms with Crippen molar-refractivity contribution in [3.63, 3.8) is 0 Å². The Hall–Kier alpha value is -0.506. The largest absolute Gasteiger partial charge is 0.481 e. The first-order chi connectivity index (χ1) is 17.8. The molecule has 1 aliphatic rings. The van der Waals surface area contributed by atoms with Crippen LogP contribution in [0, 0.1) is 11.8 Å². The summed E-state index contributed by atoms with van der Waals surface area (Å²) in [5, 5.41) is 9.09. The molecule has 0 radical (unpaired) electrons. The molecule has 1 N–H and O–H groups in total. The summed E-state index contributed by atoms with van der Waals surface area (Å²) in [6, 6.07) is 0. The predicted molar refractivity (Wildman–Crippen MR) is 169 cm³/mol. The smallest absolute Gasteiger partial charge is 0.303 e. The number of hydrogen-bond acceptors (Lipinski definition) is 3. The van der Waals surface area contributed by atoms with Crippen LogP contribution in [0.25, 0.3) is 0 Å². The Morgan fingerprint density at radius 2 is 1.54 bits per heavy atom. The lowest BCUT2D eigenvalue weighted by molar-refractivity contribution is -0.137. The average molecular weight is 587 g/mol. The van der Waals surface area contributed by atoms with Crippen molar-refractivity contribution in [2.75, 3.05) is 0 Å². The lowest BCUT2D eigenvalue weighted by Crippen LogP contribution is -2.51. The van der Waals surface area contributed by atoms with Crippen LogP contribution in [-0.4, -0.2) is 46.1 Å². The minimum atomic E-state index is -2.09. The molecule has 0 bridgehead atoms. The van der Waals surface area contributed by atoms with E-state index < -0.39 is 28.8 Å². The molecule has 0 unspecified atom stereocenters. The van der Waals surface area contributed by atoms with Crippen LogP contribution in [0.1, 0.15) is 119 Å². The number of carboxylic acid groups (broad SMARTS) is 1. The lowest BCUT2D eigenvalue weighted by atomic mass is 9.83. The average Bonchev–Trinajstić information content (AvgIpc) is 3.18. The first-order valence-electron chi connectivity index (χ1n) is 15.7. The first-order valence-corrected chi connectivity index (χ1v) is 21.5. The number of rotatable bonds is 17. The highest BCUT2D eigenvalue weighted by atomic mass is 28.4. The fourth-order valence-corrected chi connectivity index (χ4v) is 7.94. The summed E-state index contributed by atoms with van der Waals surface area (Å²) in [5.41, 5.74) is 0. The Morgan fingerprint density at radius 1 is 0.949 bits per heavy atom. The zero-order valence-electron chi connectivity index (χ0n) is 27.4. The van der Waals surface area contributed by atoms with Gasteiger partial charge >= 0.3 is 5.97 Å². The SMILES string of the molecule is CCCCCCC[C@H](O[Si](C)(C)C(C)(C)C)[C@@H]1[C@@H]([C@H](F)C=CCCCC(=O)O)CC[C@H]1O[Si](C)(C)C(C)(C)C. The molecule has 0 aliphatic heterocycles. The second-order valence-corrected chi connectivity index (χ2v) is 24.5. The number of halogens is 1. The first kappa shape index (κ1) is 36.5. The number of alkyl halides is 1. The van der Waals surface area contributed by atoms with Crippen LogP contribution in [0.15, 0.2) is 12.2 Å². The quantitative estimate of drug-likeness (QED) is 0.105. The Kier molecular flexibility index (Phi) is 14.7. The topological polar surface area (TPSA) is 55.8 Å². The van der Waals surface area contributed by atoms with Crippen LogP contribution < -0.4 is 0 Å². The standard InChI is InChI=1S/C32H63FO4Si2/c1-12-13-14-15-18-21-27(36-38(8,9)31(2,3)4)30-25(26(33)20-17-16-19-22-29(34)35)23-24-28(30)37-39(10,11)32(5,6)7/h17,20,25-28,30H,12-16,18-19,21-24H2,1-11H3,(H,34,35)/t25-,26-,27+,28-,30+/m1/s1. The van der Waals surface area contributed by atoms with Gasteiger partial charge in [0.25, 0.3) is 0 Å². The van der Waals surface area contributed by atoms with Crippen molar-refractivity contribution in [3.05, 3.63) is 12.2 Å². The van der Waals surface area contributed by atoms with Crippen LogP contribution in [0.3, 0.4) is 0 Å². The van der Waals surface area contributed by atoms with E-state index in [0.29, 0.717) is 12.8 Å². The van der Waals surface area contributed by atoms with E-state index in [2.05, 4.69) is 74.7 Å². The van der Waals surface area contributed by atoms with Gasteiger partial charge in [0.2, 0.25) is 0 Å². The minimum Gasteiger partial charge on any atom is -0.481 e. The highest BCUT2D eigenvalue weighted by Gasteiger charge is 2.51. The van der Waals surface area contributed by atoms with Gasteiger partial charge in [0.15, 0.2) is 16.6 Å². The molecule has 0 aromatic heterocycles. The van der Waals surface area contributed by atoms with Gasteiger partial charge in [-0.25, -0.2) is 4.39 Å². The van der Waals surface area contributed by atoms with Crippen molar-refractivity contribution >= 4 is 22.6 Å². The third-order valence-electron chi connectivity index (χ3n) is 9.72. The fourth-order valence-electron chi connectivity index (χ4n) is 5.17. The number of aliphatic carboxylic acids is 1. The maximum Gasteiger partial charge on any atom is 0.303 e. The molecule has 5 atom stereocenters. The summed E-state index contributed by atoms with van der Waals surface area (Å²) >= 11 is 0. The zero-order chi connectivity index (χ0) is 30.1. The number of hydrogen-bond donors (Lipinski definition) is 1. The van der Waals surface area contributed by atoms with Crippen LogP contribution in [0.5, 0.6) is 0 Å². The van der Waals surface area contributed by atoms with Crippen LogP contribution in [0.2, 0.25) is 36.3 Å². The van der Waals surface area contributed by atoms with Crippen molar-refractivity contribution in [1.82, 2.24) is 0 Å². The van der Waals surface area contributed by atoms with E-state index in [1.165, 1.54) is 25.7 Å². The van der Waals surface area contributed by atoms with Crippen molar-refractivity contribution in [3.8, 4) is 0 Å². The summed E-state index contributed by atoms with van der Waals surface area (Å²) in [5.74, 6) is -0.912. The van der Waals surface area contributed by atoms with Gasteiger partial charge in [-0.05, 0) is 68.4 Å². The zero-order valence-corrected chi connectivity index (χ0v) is 29.4. The normalized spacial score (nSPS) is 22.9. The van der Waals surface area contributed by atoms with Gasteiger partial charge in [0.05, 0.1) is 12.2 Å². The molecular formula is C32H63FO4Si2. The van der Waals surface area contributed by atoms with Gasteiger partial charge in [-0.1, -0.05) is 92.7 Å². The van der Waals surface area contributed by atoms with Crippen LogP contribution >= 0.6 is 0 Å². The second-order valence-electron chi connectivity index (χ2n) is 15.0. The van der Waals surface area contributed by atoms with E-state index in [0.717, 1.165) is 25.7 Å². The summed E-state index contributed by atoms with van der Waals surface area (Å²) < 4.78 is 30.3. The highest BCUT2D eigenvalue weighted by Crippen LogP contribution is 2.48. The van der Waals surface area contributed by atoms with Crippen molar-refractivity contribution in [2.45, 2.75) is 174 Å². The molecule has 0 aromatic carbocycles. The van der Waals surface area contributed by atoms with Gasteiger partial charge in [0, 0.05) is 18.3 Å². The van der Waals surface area contributed by atoms with Crippen molar-refractivity contribution in [2.24, 2.45) is 11.8 Å². The third kappa shape index (κ3) is 11.7. The van der Waals surface area contributed by atoms with Gasteiger partial charge in [-0.3, -0.25) is 4.79 Å². The lowest BCUT2D eigenvalue weighted by Gasteiger charge is -2.45. The molecule has 0 aromatic rings. The van der Waals surface area contributed by atoms with Gasteiger partial charge in [-0.2, -0.15) is 0 Å². The molecule has 1 aliphatic carbocycles. The second kappa shape index (κ2) is 15.6. The minimum absolute atomic E-state index is 0.00607. The van der Waals surface area contributed by atoms with E-state index in [-0.39, 0.29) is 40.5 Å². The third-order valence-corrected chi connectivity index (χ3v) is 18.7. The van der Waals surface area contributed by atoms with Crippen LogP contribution in [-0.2, 0) is 13.6 Å². The number of carboxylic acids is 1. The van der Waals surface area contributed by atoms with E-state index in [1.54, 1.807) is 6.08 Å². The molecule has 230 valence electrons. The molecule has 0 saturated heterocycles. The highest BCUT2D eigenvalue weighted by molar-refractivity contribution is 6.74. The van der Waals surface area contributed by atoms with Crippen LogP contribution in [0.4, 0.5) is 4.39 Å². The predicted octanol–water partition coefficient (Wildman–Crippen LogP) is 10.3. The number of allylic oxidation sites excluding steroid dienone is 2. The van der Waals surface area contributed by atoms with Gasteiger partial charge in [0.1, 0.15) is 6.17 Å². The molecule has 1 fully saturated rings. The fraction of sp³-hybridized carbons (Fsp3) is 0.906. The summed E-state index contributed by atoms with van der Waals surface area (Å²) in [6.45, 7) is 25.2. The molecule has 39 heavy (non-hydrogen) atoms. The molecule has 4 nitrogen and oxygen atoms in total. The Labute approximate surface area is 243 Å². The molecule has 0 spiro atoms. The molecule has 1 saturated carbocycles. The molecule has 1 rings (SSSR count). The number of carbonyl (C=O) groups is 1. The van der Waals surface area contributed by atoms with E-state index in [4.69, 9.17) is 14.0 Å². The Morgan fingerprint density at radius 3 is 2.08 bits per heavy atom. The van der Waals surface area contributed by atoms with E-state index in [1.807, 2.05) is 6.08 Å². The van der Waals surface area contributed by atoms with E-state index >= 15 is 4.39 Å². The van der Waals surface area contributed by atoms with E-state index in [9.17, 15) is 4.79 Å². The number of unbranched alkanes of at least 4 members (excludes halogenated alkanes) is 5. The summed E-state index contributed by atoms with van der Waals surface area (Å²) in [7, 11) is -4.14. The van der Waals surface area contributed by atoms with Gasteiger partial charge in [-0.15, -0.1) is 0 Å².